The molecule has 1 saturated carbocycles. The van der Waals surface area contributed by atoms with E-state index in [1.165, 1.54) is 4.90 Å². The average Bonchev–Trinajstić information content (AvgIpc) is 1.81. The van der Waals surface area contributed by atoms with Gasteiger partial charge in [0.05, 0.1) is 5.41 Å². The van der Waals surface area contributed by atoms with Crippen LogP contribution >= 0.6 is 0 Å². The maximum atomic E-state index is 12.9. The molecule has 2 aliphatic rings. The monoisotopic (exact) mass is 176 g/mol. The molecule has 3 nitrogen and oxygen atoms in total. The van der Waals surface area contributed by atoms with Crippen LogP contribution in [0, 0.1) is 5.41 Å². The number of halogens is 2. The summed E-state index contributed by atoms with van der Waals surface area (Å²) < 4.78 is 25.8. The van der Waals surface area contributed by atoms with E-state index in [0.717, 1.165) is 0 Å². The van der Waals surface area contributed by atoms with Crippen molar-refractivity contribution in [3.05, 3.63) is 0 Å². The molecule has 0 unspecified atom stereocenters. The topological polar surface area (TPSA) is 46.3 Å². The molecule has 0 radical (unpaired) electrons. The van der Waals surface area contributed by atoms with Gasteiger partial charge >= 0.3 is 6.03 Å². The van der Waals surface area contributed by atoms with Crippen LogP contribution in [0.15, 0.2) is 0 Å². The van der Waals surface area contributed by atoms with Crippen LogP contribution in [0.1, 0.15) is 12.8 Å². The quantitative estimate of drug-likeness (QED) is 0.583. The summed E-state index contributed by atoms with van der Waals surface area (Å²) in [5, 5.41) is 0. The molecule has 1 saturated heterocycles. The van der Waals surface area contributed by atoms with Crippen LogP contribution in [0.5, 0.6) is 0 Å². The molecule has 0 aromatic rings. The van der Waals surface area contributed by atoms with Crippen molar-refractivity contribution in [2.24, 2.45) is 11.1 Å². The number of hydrogen-bond acceptors (Lipinski definition) is 1. The number of hydrogen-bond donors (Lipinski definition) is 1. The lowest BCUT2D eigenvalue weighted by Crippen LogP contribution is -2.71. The Balaban J connectivity index is 2.00. The lowest BCUT2D eigenvalue weighted by Gasteiger charge is -2.59. The minimum absolute atomic E-state index is 0.0421. The minimum atomic E-state index is -2.57. The number of amides is 2. The van der Waals surface area contributed by atoms with Gasteiger partial charge in [-0.2, -0.15) is 0 Å². The van der Waals surface area contributed by atoms with Crippen molar-refractivity contribution in [2.75, 3.05) is 13.1 Å². The van der Waals surface area contributed by atoms with Crippen molar-refractivity contribution in [2.45, 2.75) is 18.8 Å². The van der Waals surface area contributed by atoms with Gasteiger partial charge in [-0.05, 0) is 6.42 Å². The zero-order valence-electron chi connectivity index (χ0n) is 6.52. The second-order valence-corrected chi connectivity index (χ2v) is 3.68. The van der Waals surface area contributed by atoms with Crippen LogP contribution in [0.2, 0.25) is 0 Å². The van der Waals surface area contributed by atoms with E-state index in [1.807, 2.05) is 0 Å². The molecule has 2 N–H and O–H groups in total. The Morgan fingerprint density at radius 3 is 2.17 bits per heavy atom. The van der Waals surface area contributed by atoms with Gasteiger partial charge in [0.2, 0.25) is 0 Å². The number of nitrogens with two attached hydrogens (primary N) is 1. The van der Waals surface area contributed by atoms with Crippen molar-refractivity contribution in [3.8, 4) is 0 Å². The highest BCUT2D eigenvalue weighted by Gasteiger charge is 2.67. The third kappa shape index (κ3) is 0.711. The summed E-state index contributed by atoms with van der Waals surface area (Å²) in [4.78, 5) is 11.8. The largest absolute Gasteiger partial charge is 0.351 e. The van der Waals surface area contributed by atoms with Crippen LogP contribution in [-0.2, 0) is 0 Å². The highest BCUT2D eigenvalue weighted by Crippen LogP contribution is 2.58. The Morgan fingerprint density at radius 2 is 1.92 bits per heavy atom. The Kier molecular flexibility index (Phi) is 1.22. The van der Waals surface area contributed by atoms with Gasteiger partial charge in [-0.25, -0.2) is 13.6 Å². The van der Waals surface area contributed by atoms with Crippen molar-refractivity contribution in [1.82, 2.24) is 4.90 Å². The smallest absolute Gasteiger partial charge is 0.314 e. The van der Waals surface area contributed by atoms with E-state index in [0.29, 0.717) is 6.42 Å². The maximum absolute atomic E-state index is 12.9. The fourth-order valence-electron chi connectivity index (χ4n) is 1.90. The second-order valence-electron chi connectivity index (χ2n) is 3.68. The van der Waals surface area contributed by atoms with Gasteiger partial charge in [-0.3, -0.25) is 0 Å². The fraction of sp³-hybridized carbons (Fsp3) is 0.857. The third-order valence-electron chi connectivity index (χ3n) is 2.99. The van der Waals surface area contributed by atoms with Gasteiger partial charge in [0, 0.05) is 19.5 Å². The first-order valence-electron chi connectivity index (χ1n) is 3.89. The predicted molar refractivity (Wildman–Crippen MR) is 37.8 cm³/mol. The number of urea groups is 1. The van der Waals surface area contributed by atoms with E-state index < -0.39 is 17.4 Å². The first-order valence-corrected chi connectivity index (χ1v) is 3.89. The van der Waals surface area contributed by atoms with E-state index >= 15 is 0 Å². The van der Waals surface area contributed by atoms with Crippen LogP contribution in [0.25, 0.3) is 0 Å². The summed E-state index contributed by atoms with van der Waals surface area (Å²) in [6.45, 7) is 0.269. The summed E-state index contributed by atoms with van der Waals surface area (Å²) >= 11 is 0. The third-order valence-corrected chi connectivity index (χ3v) is 2.99. The summed E-state index contributed by atoms with van der Waals surface area (Å²) in [6, 6.07) is -0.594. The molecule has 1 aliphatic heterocycles. The van der Waals surface area contributed by atoms with Crippen LogP contribution in [-0.4, -0.2) is 29.9 Å². The second kappa shape index (κ2) is 1.89. The number of likely N-dealkylation sites (tertiary alicyclic amines) is 1. The molecule has 0 aromatic carbocycles. The average molecular weight is 176 g/mol. The lowest BCUT2D eigenvalue weighted by atomic mass is 9.60. The number of nitrogens with zero attached hydrogens (tertiary/aromatic N) is 1. The SMILES string of the molecule is NC(=O)N1CC2(CCC2(F)F)C1. The summed E-state index contributed by atoms with van der Waals surface area (Å²) in [5.74, 6) is -2.57. The Morgan fingerprint density at radius 1 is 1.33 bits per heavy atom. The van der Waals surface area contributed by atoms with Crippen molar-refractivity contribution >= 4 is 6.03 Å². The molecule has 1 spiro atoms. The van der Waals surface area contributed by atoms with Gasteiger partial charge in [0.25, 0.3) is 5.92 Å². The van der Waals surface area contributed by atoms with Gasteiger partial charge in [-0.1, -0.05) is 0 Å². The lowest BCUT2D eigenvalue weighted by molar-refractivity contribution is -0.247. The molecule has 12 heavy (non-hydrogen) atoms. The summed E-state index contributed by atoms with van der Waals surface area (Å²) in [5.41, 5.74) is 4.01. The van der Waals surface area contributed by atoms with Gasteiger partial charge in [0.1, 0.15) is 0 Å². The summed E-state index contributed by atoms with van der Waals surface area (Å²) in [7, 11) is 0. The van der Waals surface area contributed by atoms with Crippen LogP contribution in [0.3, 0.4) is 0 Å². The fourth-order valence-corrected chi connectivity index (χ4v) is 1.90. The number of carbonyl (C=O) groups is 1. The molecular weight excluding hydrogens is 166 g/mol. The molecular formula is C7H10F2N2O. The Hall–Kier alpha value is -0.870. The molecule has 2 amide bonds. The molecule has 68 valence electrons. The van der Waals surface area contributed by atoms with Gasteiger partial charge in [-0.15, -0.1) is 0 Å². The minimum Gasteiger partial charge on any atom is -0.351 e. The Bertz CT molecular complexity index is 236. The molecule has 0 bridgehead atoms. The maximum Gasteiger partial charge on any atom is 0.314 e. The Labute approximate surface area is 68.5 Å². The van der Waals surface area contributed by atoms with Crippen molar-refractivity contribution in [3.63, 3.8) is 0 Å². The van der Waals surface area contributed by atoms with Gasteiger partial charge in [0.15, 0.2) is 0 Å². The number of carbonyl (C=O) groups excluding carboxylic acids is 1. The molecule has 0 atom stereocenters. The van der Waals surface area contributed by atoms with Crippen LogP contribution < -0.4 is 5.73 Å². The molecule has 5 heteroatoms. The standard InChI is InChI=1S/C7H10F2N2O/c8-7(9)2-1-6(7)3-11(4-6)5(10)12/h1-4H2,(H2,10,12). The molecule has 1 heterocycles. The van der Waals surface area contributed by atoms with E-state index in [9.17, 15) is 13.6 Å². The van der Waals surface area contributed by atoms with E-state index in [-0.39, 0.29) is 19.5 Å². The van der Waals surface area contributed by atoms with Crippen molar-refractivity contribution in [1.29, 1.82) is 0 Å². The molecule has 0 aromatic heterocycles. The zero-order valence-corrected chi connectivity index (χ0v) is 6.52. The number of primary amides is 1. The number of rotatable bonds is 0. The first kappa shape index (κ1) is 7.76. The predicted octanol–water partition coefficient (Wildman–Crippen LogP) is 0.796. The normalized spacial score (nSPS) is 29.3. The van der Waals surface area contributed by atoms with Crippen LogP contribution in [0.4, 0.5) is 13.6 Å². The van der Waals surface area contributed by atoms with E-state index in [2.05, 4.69) is 0 Å². The van der Waals surface area contributed by atoms with E-state index in [4.69, 9.17) is 5.73 Å². The first-order chi connectivity index (χ1) is 5.47. The summed E-state index contributed by atoms with van der Waals surface area (Å²) in [6.07, 6.45) is 0.476. The van der Waals surface area contributed by atoms with Gasteiger partial charge < -0.3 is 10.6 Å². The zero-order chi connectivity index (χ0) is 8.98. The van der Waals surface area contributed by atoms with Crippen molar-refractivity contribution < 1.29 is 13.6 Å². The highest BCUT2D eigenvalue weighted by atomic mass is 19.3. The van der Waals surface area contributed by atoms with E-state index in [1.54, 1.807) is 0 Å². The number of alkyl halides is 2. The molecule has 2 rings (SSSR count). The highest BCUT2D eigenvalue weighted by molar-refractivity contribution is 5.73. The molecule has 1 aliphatic carbocycles. The molecule has 2 fully saturated rings.